The molecule has 2 rings (SSSR count). The number of para-hydroxylation sites is 1. The predicted molar refractivity (Wildman–Crippen MR) is 80.4 cm³/mol. The number of rotatable bonds is 4. The molecule has 0 fully saturated rings. The van der Waals surface area contributed by atoms with Crippen LogP contribution in [0, 0.1) is 0 Å². The minimum Gasteiger partial charge on any atom is -0.478 e. The molecule has 1 aromatic heterocycles. The van der Waals surface area contributed by atoms with Crippen molar-refractivity contribution < 1.29 is 23.1 Å². The third kappa shape index (κ3) is 2.54. The van der Waals surface area contributed by atoms with Crippen molar-refractivity contribution in [3.63, 3.8) is 0 Å². The first kappa shape index (κ1) is 16.0. The van der Waals surface area contributed by atoms with E-state index in [0.29, 0.717) is 0 Å². The predicted octanol–water partition coefficient (Wildman–Crippen LogP) is 1.28. The Labute approximate surface area is 126 Å². The number of aromatic carboxylic acids is 1. The van der Waals surface area contributed by atoms with Crippen LogP contribution in [0.1, 0.15) is 31.1 Å². The SMILES string of the molecule is CC(=O)Nc1nc2c(C(=O)O)cccc2n1S(=O)(=O)C(C)C. The number of fused-ring (bicyclic) bond motifs is 1. The summed E-state index contributed by atoms with van der Waals surface area (Å²) in [5.74, 6) is -1.95. The zero-order valence-electron chi connectivity index (χ0n) is 12.2. The molecule has 0 saturated carbocycles. The second kappa shape index (κ2) is 5.41. The molecule has 1 amide bonds. The number of nitrogens with zero attached hydrogens (tertiary/aromatic N) is 2. The lowest BCUT2D eigenvalue weighted by Gasteiger charge is -2.12. The lowest BCUT2D eigenvalue weighted by atomic mass is 10.2. The van der Waals surface area contributed by atoms with Gasteiger partial charge >= 0.3 is 5.97 Å². The van der Waals surface area contributed by atoms with Crippen LogP contribution in [0.5, 0.6) is 0 Å². The van der Waals surface area contributed by atoms with Crippen molar-refractivity contribution in [2.75, 3.05) is 5.32 Å². The van der Waals surface area contributed by atoms with Crippen molar-refractivity contribution in [2.24, 2.45) is 0 Å². The van der Waals surface area contributed by atoms with Crippen LogP contribution in [-0.2, 0) is 14.8 Å². The molecule has 0 unspecified atom stereocenters. The summed E-state index contributed by atoms with van der Waals surface area (Å²) in [7, 11) is -3.83. The van der Waals surface area contributed by atoms with Crippen LogP contribution in [0.3, 0.4) is 0 Å². The highest BCUT2D eigenvalue weighted by atomic mass is 32.2. The molecule has 2 aromatic rings. The lowest BCUT2D eigenvalue weighted by Crippen LogP contribution is -2.25. The van der Waals surface area contributed by atoms with Gasteiger partial charge in [-0.2, -0.15) is 0 Å². The summed E-state index contributed by atoms with van der Waals surface area (Å²) in [4.78, 5) is 26.5. The molecule has 9 heteroatoms. The summed E-state index contributed by atoms with van der Waals surface area (Å²) < 4.78 is 25.9. The number of amides is 1. The van der Waals surface area contributed by atoms with Gasteiger partial charge in [0.15, 0.2) is 0 Å². The van der Waals surface area contributed by atoms with E-state index in [2.05, 4.69) is 10.3 Å². The summed E-state index contributed by atoms with van der Waals surface area (Å²) in [6, 6.07) is 4.19. The molecule has 0 bridgehead atoms. The summed E-state index contributed by atoms with van der Waals surface area (Å²) in [5.41, 5.74) is -0.0258. The van der Waals surface area contributed by atoms with Gasteiger partial charge < -0.3 is 5.11 Å². The number of imidazole rings is 1. The quantitative estimate of drug-likeness (QED) is 0.874. The van der Waals surface area contributed by atoms with E-state index in [1.165, 1.54) is 39.0 Å². The van der Waals surface area contributed by atoms with E-state index < -0.39 is 27.1 Å². The molecule has 0 spiro atoms. The molecule has 1 heterocycles. The molecular weight excluding hydrogens is 310 g/mol. The van der Waals surface area contributed by atoms with E-state index >= 15 is 0 Å². The Morgan fingerprint density at radius 1 is 1.32 bits per heavy atom. The molecule has 0 aliphatic rings. The molecule has 0 atom stereocenters. The standard InChI is InChI=1S/C13H15N3O5S/c1-7(2)22(20,21)16-10-6-4-5-9(12(18)19)11(10)15-13(16)14-8(3)17/h4-7H,1-3H3,(H,18,19)(H,14,15,17). The van der Waals surface area contributed by atoms with E-state index in [9.17, 15) is 23.1 Å². The number of hydrogen-bond donors (Lipinski definition) is 2. The maximum Gasteiger partial charge on any atom is 0.337 e. The fourth-order valence-electron chi connectivity index (χ4n) is 1.96. The number of anilines is 1. The number of carboxylic acids is 1. The Kier molecular flexibility index (Phi) is 3.92. The third-order valence-electron chi connectivity index (χ3n) is 3.01. The van der Waals surface area contributed by atoms with Crippen LogP contribution in [0.15, 0.2) is 18.2 Å². The highest BCUT2D eigenvalue weighted by molar-refractivity contribution is 7.90. The Bertz CT molecular complexity index is 867. The number of carbonyl (C=O) groups is 2. The van der Waals surface area contributed by atoms with Crippen molar-refractivity contribution in [2.45, 2.75) is 26.0 Å². The normalized spacial score (nSPS) is 11.8. The molecule has 0 aliphatic carbocycles. The van der Waals surface area contributed by atoms with E-state index in [-0.39, 0.29) is 22.5 Å². The first-order valence-electron chi connectivity index (χ1n) is 6.43. The van der Waals surface area contributed by atoms with Gasteiger partial charge in [-0.25, -0.2) is 22.2 Å². The van der Waals surface area contributed by atoms with E-state index in [0.717, 1.165) is 3.97 Å². The Morgan fingerprint density at radius 3 is 2.45 bits per heavy atom. The second-order valence-corrected chi connectivity index (χ2v) is 7.29. The van der Waals surface area contributed by atoms with Crippen molar-refractivity contribution in [3.8, 4) is 0 Å². The zero-order chi connectivity index (χ0) is 16.7. The number of carbonyl (C=O) groups excluding carboxylic acids is 1. The van der Waals surface area contributed by atoms with Gasteiger partial charge in [0.05, 0.1) is 16.3 Å². The number of nitrogens with one attached hydrogen (secondary N) is 1. The highest BCUT2D eigenvalue weighted by Crippen LogP contribution is 2.26. The third-order valence-corrected chi connectivity index (χ3v) is 5.08. The van der Waals surface area contributed by atoms with Gasteiger partial charge in [0.1, 0.15) is 5.52 Å². The molecule has 22 heavy (non-hydrogen) atoms. The van der Waals surface area contributed by atoms with Crippen molar-refractivity contribution in [1.82, 2.24) is 8.96 Å². The first-order valence-corrected chi connectivity index (χ1v) is 7.93. The van der Waals surface area contributed by atoms with E-state index in [4.69, 9.17) is 0 Å². The Balaban J connectivity index is 2.90. The molecular formula is C13H15N3O5S. The van der Waals surface area contributed by atoms with Gasteiger partial charge in [-0.15, -0.1) is 0 Å². The van der Waals surface area contributed by atoms with Gasteiger partial charge in [-0.05, 0) is 26.0 Å². The van der Waals surface area contributed by atoms with Gasteiger partial charge in [0.25, 0.3) is 0 Å². The van der Waals surface area contributed by atoms with Gasteiger partial charge in [0, 0.05) is 6.92 Å². The highest BCUT2D eigenvalue weighted by Gasteiger charge is 2.27. The minimum absolute atomic E-state index is 0.00275. The fourth-order valence-corrected chi connectivity index (χ4v) is 3.13. The summed E-state index contributed by atoms with van der Waals surface area (Å²) in [6.07, 6.45) is 0. The summed E-state index contributed by atoms with van der Waals surface area (Å²) in [5, 5.41) is 10.7. The average Bonchev–Trinajstić information content (AvgIpc) is 2.75. The van der Waals surface area contributed by atoms with Crippen molar-refractivity contribution >= 4 is 38.9 Å². The topological polar surface area (TPSA) is 118 Å². The van der Waals surface area contributed by atoms with E-state index in [1.807, 2.05) is 0 Å². The molecule has 2 N–H and O–H groups in total. The molecule has 118 valence electrons. The maximum atomic E-state index is 12.5. The van der Waals surface area contributed by atoms with Crippen LogP contribution in [0.25, 0.3) is 11.0 Å². The van der Waals surface area contributed by atoms with Crippen molar-refractivity contribution in [1.29, 1.82) is 0 Å². The van der Waals surface area contributed by atoms with Crippen LogP contribution in [-0.4, -0.2) is 39.6 Å². The van der Waals surface area contributed by atoms with Crippen molar-refractivity contribution in [3.05, 3.63) is 23.8 Å². The zero-order valence-corrected chi connectivity index (χ0v) is 13.0. The van der Waals surface area contributed by atoms with Crippen LogP contribution in [0.2, 0.25) is 0 Å². The largest absolute Gasteiger partial charge is 0.478 e. The smallest absolute Gasteiger partial charge is 0.337 e. The summed E-state index contributed by atoms with van der Waals surface area (Å²) >= 11 is 0. The molecule has 0 radical (unpaired) electrons. The summed E-state index contributed by atoms with van der Waals surface area (Å²) in [6.45, 7) is 4.18. The molecule has 0 saturated heterocycles. The number of hydrogen-bond acceptors (Lipinski definition) is 5. The lowest BCUT2D eigenvalue weighted by molar-refractivity contribution is -0.114. The van der Waals surface area contributed by atoms with Crippen LogP contribution in [0.4, 0.5) is 5.95 Å². The number of carboxylic acid groups (broad SMARTS) is 1. The second-order valence-electron chi connectivity index (χ2n) is 4.95. The fraction of sp³-hybridized carbons (Fsp3) is 0.308. The van der Waals surface area contributed by atoms with Gasteiger partial charge in [-0.1, -0.05) is 6.07 Å². The molecule has 8 nitrogen and oxygen atoms in total. The Morgan fingerprint density at radius 2 is 1.95 bits per heavy atom. The van der Waals surface area contributed by atoms with Gasteiger partial charge in [0.2, 0.25) is 21.9 Å². The van der Waals surface area contributed by atoms with Crippen LogP contribution >= 0.6 is 0 Å². The van der Waals surface area contributed by atoms with Crippen LogP contribution < -0.4 is 5.32 Å². The van der Waals surface area contributed by atoms with E-state index in [1.54, 1.807) is 0 Å². The minimum atomic E-state index is -3.83. The Hall–Kier alpha value is -2.42. The monoisotopic (exact) mass is 325 g/mol. The average molecular weight is 325 g/mol. The number of aromatic nitrogens is 2. The molecule has 1 aromatic carbocycles. The maximum absolute atomic E-state index is 12.5. The number of benzene rings is 1. The first-order chi connectivity index (χ1) is 10.2. The molecule has 0 aliphatic heterocycles. The van der Waals surface area contributed by atoms with Gasteiger partial charge in [-0.3, -0.25) is 10.1 Å².